The maximum absolute atomic E-state index is 13.0. The molecule has 1 aromatic carbocycles. The number of carbonyl (C=O) groups is 2. The van der Waals surface area contributed by atoms with Crippen molar-refractivity contribution in [2.24, 2.45) is 0 Å². The van der Waals surface area contributed by atoms with E-state index in [9.17, 15) is 18.0 Å². The number of methoxy groups -OCH3 is 1. The first-order chi connectivity index (χ1) is 13.8. The highest BCUT2D eigenvalue weighted by atomic mass is 32.2. The highest BCUT2D eigenvalue weighted by molar-refractivity contribution is 7.89. The topological polar surface area (TPSA) is 105 Å². The van der Waals surface area contributed by atoms with Crippen molar-refractivity contribution in [1.82, 2.24) is 14.9 Å². The van der Waals surface area contributed by atoms with Crippen molar-refractivity contribution in [3.63, 3.8) is 0 Å². The lowest BCUT2D eigenvalue weighted by Crippen LogP contribution is -2.49. The van der Waals surface area contributed by atoms with Crippen LogP contribution in [0.4, 0.5) is 0 Å². The summed E-state index contributed by atoms with van der Waals surface area (Å²) in [6, 6.07) is 4.35. The number of carbonyl (C=O) groups excluding carboxylic acids is 2. The van der Waals surface area contributed by atoms with E-state index in [4.69, 9.17) is 4.74 Å². The van der Waals surface area contributed by atoms with Crippen LogP contribution < -0.4 is 14.8 Å². The van der Waals surface area contributed by atoms with Crippen LogP contribution in [0.25, 0.3) is 0 Å². The summed E-state index contributed by atoms with van der Waals surface area (Å²) in [5, 5.41) is 2.98. The fourth-order valence-electron chi connectivity index (χ4n) is 3.49. The van der Waals surface area contributed by atoms with Gasteiger partial charge in [-0.2, -0.15) is 0 Å². The predicted molar refractivity (Wildman–Crippen MR) is 108 cm³/mol. The van der Waals surface area contributed by atoms with Crippen LogP contribution in [0.1, 0.15) is 55.8 Å². The minimum Gasteiger partial charge on any atom is -0.495 e. The molecule has 1 saturated heterocycles. The number of hydrogen-bond donors (Lipinski definition) is 2. The predicted octanol–water partition coefficient (Wildman–Crippen LogP) is 1.66. The smallest absolute Gasteiger partial charge is 0.253 e. The quantitative estimate of drug-likeness (QED) is 0.662. The molecule has 2 fully saturated rings. The highest BCUT2D eigenvalue weighted by Gasteiger charge is 2.31. The van der Waals surface area contributed by atoms with Gasteiger partial charge in [0.15, 0.2) is 0 Å². The Kier molecular flexibility index (Phi) is 6.79. The van der Waals surface area contributed by atoms with E-state index < -0.39 is 10.0 Å². The molecule has 1 heterocycles. The van der Waals surface area contributed by atoms with Gasteiger partial charge in [-0.3, -0.25) is 9.59 Å². The maximum Gasteiger partial charge on any atom is 0.253 e. The molecule has 2 aliphatic rings. The average molecular weight is 424 g/mol. The van der Waals surface area contributed by atoms with Gasteiger partial charge >= 0.3 is 0 Å². The van der Waals surface area contributed by atoms with Crippen molar-refractivity contribution in [1.29, 1.82) is 0 Å². The highest BCUT2D eigenvalue weighted by Crippen LogP contribution is 2.29. The molecule has 0 unspecified atom stereocenters. The van der Waals surface area contributed by atoms with Crippen molar-refractivity contribution in [2.75, 3.05) is 20.2 Å². The summed E-state index contributed by atoms with van der Waals surface area (Å²) in [5.74, 6) is -0.0428. The third kappa shape index (κ3) is 5.48. The van der Waals surface area contributed by atoms with Crippen LogP contribution in [0.2, 0.25) is 0 Å². The first kappa shape index (κ1) is 21.6. The van der Waals surface area contributed by atoms with E-state index in [1.807, 2.05) is 6.92 Å². The molecule has 160 valence electrons. The van der Waals surface area contributed by atoms with E-state index in [0.717, 1.165) is 32.1 Å². The Morgan fingerprint density at radius 2 is 1.97 bits per heavy atom. The molecule has 0 aromatic heterocycles. The zero-order valence-electron chi connectivity index (χ0n) is 16.9. The number of nitrogens with zero attached hydrogens (tertiary/aromatic N) is 1. The molecule has 2 amide bonds. The van der Waals surface area contributed by atoms with E-state index in [0.29, 0.717) is 25.1 Å². The molecule has 1 aliphatic carbocycles. The van der Waals surface area contributed by atoms with Crippen molar-refractivity contribution in [3.8, 4) is 5.75 Å². The number of amides is 2. The number of sulfonamides is 1. The van der Waals surface area contributed by atoms with Gasteiger partial charge < -0.3 is 15.0 Å². The minimum atomic E-state index is -3.76. The molecule has 9 heteroatoms. The molecule has 1 atom stereocenters. The Labute approximate surface area is 172 Å². The Morgan fingerprint density at radius 1 is 1.21 bits per heavy atom. The molecular weight excluding hydrogens is 394 g/mol. The Morgan fingerprint density at radius 3 is 2.62 bits per heavy atom. The molecule has 1 aliphatic heterocycles. The molecule has 8 nitrogen and oxygen atoms in total. The summed E-state index contributed by atoms with van der Waals surface area (Å²) in [7, 11) is -2.36. The second kappa shape index (κ2) is 9.13. The van der Waals surface area contributed by atoms with Gasteiger partial charge in [0.1, 0.15) is 10.6 Å². The second-order valence-electron chi connectivity index (χ2n) is 7.67. The van der Waals surface area contributed by atoms with Crippen LogP contribution in [0.15, 0.2) is 23.1 Å². The van der Waals surface area contributed by atoms with Gasteiger partial charge in [0.2, 0.25) is 15.9 Å². The molecule has 0 radical (unpaired) electrons. The Balaban J connectivity index is 1.76. The van der Waals surface area contributed by atoms with Crippen LogP contribution >= 0.6 is 0 Å². The van der Waals surface area contributed by atoms with Crippen LogP contribution in [-0.2, 0) is 14.8 Å². The Bertz CT molecular complexity index is 867. The lowest BCUT2D eigenvalue weighted by molar-refractivity contribution is -0.122. The zero-order valence-corrected chi connectivity index (χ0v) is 17.8. The molecule has 0 spiro atoms. The Hall–Kier alpha value is -2.13. The molecule has 3 rings (SSSR count). The van der Waals surface area contributed by atoms with E-state index in [1.54, 1.807) is 11.0 Å². The average Bonchev–Trinajstić information content (AvgIpc) is 3.50. The maximum atomic E-state index is 13.0. The third-order valence-electron chi connectivity index (χ3n) is 5.15. The standard InChI is InChI=1S/C20H29N3O5S/c1-3-5-19(24)21-16-6-4-11-23(13-16)20(25)14-7-10-17(28-2)18(12-14)29(26,27)22-15-8-9-15/h7,10,12,15-16,22H,3-6,8-9,11,13H2,1-2H3,(H,21,24)/t16-/m0/s1. The number of ether oxygens (including phenoxy) is 1. The van der Waals surface area contributed by atoms with Gasteiger partial charge in [-0.15, -0.1) is 0 Å². The normalized spacial score (nSPS) is 19.7. The summed E-state index contributed by atoms with van der Waals surface area (Å²) in [4.78, 5) is 26.5. The molecule has 1 saturated carbocycles. The summed E-state index contributed by atoms with van der Waals surface area (Å²) >= 11 is 0. The number of nitrogens with one attached hydrogen (secondary N) is 2. The SMILES string of the molecule is CCCC(=O)N[C@H]1CCCN(C(=O)c2ccc(OC)c(S(=O)(=O)NC3CC3)c2)C1. The first-order valence-electron chi connectivity index (χ1n) is 10.1. The van der Waals surface area contributed by atoms with Gasteiger partial charge in [0, 0.05) is 37.2 Å². The summed E-state index contributed by atoms with van der Waals surface area (Å²) in [6.45, 7) is 2.94. The summed E-state index contributed by atoms with van der Waals surface area (Å²) in [5.41, 5.74) is 0.294. The zero-order chi connectivity index (χ0) is 21.0. The van der Waals surface area contributed by atoms with Gasteiger partial charge in [0.25, 0.3) is 5.91 Å². The van der Waals surface area contributed by atoms with Crippen LogP contribution in [-0.4, -0.2) is 57.4 Å². The third-order valence-corrected chi connectivity index (χ3v) is 6.69. The van der Waals surface area contributed by atoms with Crippen molar-refractivity contribution >= 4 is 21.8 Å². The number of benzene rings is 1. The molecule has 29 heavy (non-hydrogen) atoms. The fourth-order valence-corrected chi connectivity index (χ4v) is 4.99. The van der Waals surface area contributed by atoms with E-state index in [1.165, 1.54) is 19.2 Å². The van der Waals surface area contributed by atoms with Gasteiger partial charge in [-0.1, -0.05) is 6.92 Å². The molecule has 1 aromatic rings. The van der Waals surface area contributed by atoms with Gasteiger partial charge in [-0.05, 0) is 50.3 Å². The monoisotopic (exact) mass is 423 g/mol. The van der Waals surface area contributed by atoms with Crippen molar-refractivity contribution in [3.05, 3.63) is 23.8 Å². The van der Waals surface area contributed by atoms with Crippen molar-refractivity contribution in [2.45, 2.75) is 62.4 Å². The van der Waals surface area contributed by atoms with Crippen molar-refractivity contribution < 1.29 is 22.7 Å². The summed E-state index contributed by atoms with van der Waals surface area (Å²) < 4.78 is 33.2. The van der Waals surface area contributed by atoms with E-state index in [-0.39, 0.29) is 34.5 Å². The first-order valence-corrected chi connectivity index (χ1v) is 11.6. The summed E-state index contributed by atoms with van der Waals surface area (Å²) in [6.07, 6.45) is 4.50. The number of hydrogen-bond acceptors (Lipinski definition) is 5. The lowest BCUT2D eigenvalue weighted by Gasteiger charge is -2.33. The molecule has 2 N–H and O–H groups in total. The second-order valence-corrected chi connectivity index (χ2v) is 9.35. The van der Waals surface area contributed by atoms with Crippen LogP contribution in [0.5, 0.6) is 5.75 Å². The largest absolute Gasteiger partial charge is 0.495 e. The molecule has 0 bridgehead atoms. The minimum absolute atomic E-state index is 0.00391. The fraction of sp³-hybridized carbons (Fsp3) is 0.600. The van der Waals surface area contributed by atoms with Crippen LogP contribution in [0.3, 0.4) is 0 Å². The number of rotatable bonds is 8. The van der Waals surface area contributed by atoms with Gasteiger partial charge in [0.05, 0.1) is 7.11 Å². The lowest BCUT2D eigenvalue weighted by atomic mass is 10.0. The number of likely N-dealkylation sites (tertiary alicyclic amines) is 1. The van der Waals surface area contributed by atoms with E-state index in [2.05, 4.69) is 10.0 Å². The van der Waals surface area contributed by atoms with Gasteiger partial charge in [-0.25, -0.2) is 13.1 Å². The van der Waals surface area contributed by atoms with Crippen LogP contribution in [0, 0.1) is 0 Å². The number of piperidine rings is 1. The van der Waals surface area contributed by atoms with E-state index >= 15 is 0 Å². The molecular formula is C20H29N3O5S.